The molecule has 0 N–H and O–H groups in total. The van der Waals surface area contributed by atoms with Gasteiger partial charge in [-0.3, -0.25) is 19.9 Å². The van der Waals surface area contributed by atoms with Gasteiger partial charge in [-0.1, -0.05) is 27.7 Å². The number of hydrogen-bond donors (Lipinski definition) is 0. The van der Waals surface area contributed by atoms with Crippen LogP contribution in [-0.2, 0) is 70.4 Å². The van der Waals surface area contributed by atoms with Gasteiger partial charge in [0.15, 0.2) is 0 Å². The molecule has 0 aromatic carbocycles. The van der Waals surface area contributed by atoms with Gasteiger partial charge in [-0.05, 0) is 96.5 Å². The van der Waals surface area contributed by atoms with Crippen LogP contribution in [0.1, 0.15) is 49.9 Å². The van der Waals surface area contributed by atoms with E-state index in [2.05, 4.69) is 47.6 Å². The molecule has 4 nitrogen and oxygen atoms in total. The molecule has 0 spiro atoms. The summed E-state index contributed by atoms with van der Waals surface area (Å²) in [5, 5.41) is 0. The van der Waals surface area contributed by atoms with Gasteiger partial charge in [-0.25, -0.2) is 0 Å². The van der Waals surface area contributed by atoms with Crippen LogP contribution in [0.4, 0.5) is 50.4 Å². The molecule has 48 heavy (non-hydrogen) atoms. The monoisotopic (exact) mass is 932 g/mol. The molecule has 4 rings (SSSR count). The maximum absolute atomic E-state index is 10.7. The van der Waals surface area contributed by atoms with E-state index in [1.807, 2.05) is 98.1 Å². The Morgan fingerprint density at radius 3 is 0.500 bits per heavy atom. The predicted molar refractivity (Wildman–Crippen MR) is 162 cm³/mol. The summed E-state index contributed by atoms with van der Waals surface area (Å²) in [7, 11) is -21.3. The zero-order valence-corrected chi connectivity index (χ0v) is 30.6. The predicted octanol–water partition coefficient (Wildman–Crippen LogP) is 13.3. The smallest absolute Gasteiger partial charge is 1.00 e. The standard InChI is InChI=1S/4C7H9N.2Ag.2F6P/c4*1-2-7-3-5-8-6-4-7;;;2*1-7(2,3,4,5)6/h4*3-6H,2H2,1H3;;;;/q;;;;2*+1;2*-1. The average Bonchev–Trinajstić information content (AvgIpc) is 2.96. The van der Waals surface area contributed by atoms with Crippen molar-refractivity contribution in [3.05, 3.63) is 120 Å². The summed E-state index contributed by atoms with van der Waals surface area (Å²) in [6.45, 7) is 8.54. The van der Waals surface area contributed by atoms with Gasteiger partial charge in [-0.15, -0.1) is 0 Å². The van der Waals surface area contributed by atoms with Crippen molar-refractivity contribution in [3.8, 4) is 0 Å². The minimum atomic E-state index is -10.7. The first-order chi connectivity index (χ1) is 20.6. The van der Waals surface area contributed by atoms with E-state index < -0.39 is 15.6 Å². The van der Waals surface area contributed by atoms with Crippen LogP contribution in [-0.4, -0.2) is 19.9 Å². The Morgan fingerprint density at radius 2 is 0.438 bits per heavy atom. The molecule has 0 saturated carbocycles. The number of halogens is 12. The molecule has 0 fully saturated rings. The molecule has 4 heterocycles. The topological polar surface area (TPSA) is 51.6 Å². The Labute approximate surface area is 303 Å². The van der Waals surface area contributed by atoms with Gasteiger partial charge >= 0.3 is 111 Å². The normalized spacial score (nSPS) is 12.8. The van der Waals surface area contributed by atoms with Gasteiger partial charge in [0.05, 0.1) is 0 Å². The Bertz CT molecular complexity index is 1130. The van der Waals surface area contributed by atoms with E-state index in [0.29, 0.717) is 0 Å². The van der Waals surface area contributed by atoms with Crippen molar-refractivity contribution < 1.29 is 95.1 Å². The van der Waals surface area contributed by atoms with E-state index in [1.54, 1.807) is 0 Å². The van der Waals surface area contributed by atoms with Crippen LogP contribution >= 0.6 is 15.6 Å². The third-order valence-corrected chi connectivity index (χ3v) is 4.63. The van der Waals surface area contributed by atoms with Crippen LogP contribution in [0.15, 0.2) is 98.1 Å². The van der Waals surface area contributed by atoms with Crippen LogP contribution in [0.3, 0.4) is 0 Å². The molecule has 0 amide bonds. The van der Waals surface area contributed by atoms with Crippen LogP contribution < -0.4 is 0 Å². The fourth-order valence-electron chi connectivity index (χ4n) is 2.47. The van der Waals surface area contributed by atoms with Gasteiger partial charge in [0.25, 0.3) is 0 Å². The molecule has 0 atom stereocenters. The molecule has 0 saturated heterocycles. The van der Waals surface area contributed by atoms with E-state index in [4.69, 9.17) is 0 Å². The first-order valence-corrected chi connectivity index (χ1v) is 17.4. The molecule has 0 aliphatic rings. The molecule has 20 heteroatoms. The summed E-state index contributed by atoms with van der Waals surface area (Å²) in [5.41, 5.74) is 5.39. The van der Waals surface area contributed by atoms with Crippen molar-refractivity contribution in [1.82, 2.24) is 19.9 Å². The molecule has 0 radical (unpaired) electrons. The number of aryl methyl sites for hydroxylation is 4. The number of pyridine rings is 4. The summed E-state index contributed by atoms with van der Waals surface area (Å²) < 4.78 is 118. The van der Waals surface area contributed by atoms with Gasteiger partial charge in [0, 0.05) is 49.6 Å². The van der Waals surface area contributed by atoms with Crippen molar-refractivity contribution in [2.75, 3.05) is 0 Å². The second kappa shape index (κ2) is 21.3. The number of nitrogens with zero attached hydrogens (tertiary/aromatic N) is 4. The maximum Gasteiger partial charge on any atom is 1.00 e. The molecule has 4 aromatic rings. The minimum absolute atomic E-state index is 0. The van der Waals surface area contributed by atoms with E-state index in [9.17, 15) is 50.4 Å². The molecule has 0 unspecified atom stereocenters. The zero-order valence-electron chi connectivity index (χ0n) is 25.9. The molecule has 0 aliphatic carbocycles. The van der Waals surface area contributed by atoms with Crippen LogP contribution in [0.2, 0.25) is 0 Å². The Kier molecular flexibility index (Phi) is 23.5. The molecular weight excluding hydrogens is 898 g/mol. The largest absolute Gasteiger partial charge is 1.00 e. The van der Waals surface area contributed by atoms with E-state index in [0.717, 1.165) is 25.7 Å². The summed E-state index contributed by atoms with van der Waals surface area (Å²) in [4.78, 5) is 15.6. The van der Waals surface area contributed by atoms with Crippen molar-refractivity contribution >= 4 is 15.6 Å². The molecule has 0 aliphatic heterocycles. The van der Waals surface area contributed by atoms with Crippen LogP contribution in [0.25, 0.3) is 0 Å². The summed E-state index contributed by atoms with van der Waals surface area (Å²) in [5.74, 6) is 0. The second-order valence-corrected chi connectivity index (χ2v) is 12.6. The van der Waals surface area contributed by atoms with Gasteiger partial charge in [-0.2, -0.15) is 0 Å². The average molecular weight is 934 g/mol. The zero-order chi connectivity index (χ0) is 36.1. The second-order valence-electron chi connectivity index (χ2n) is 8.75. The number of rotatable bonds is 4. The molecular formula is C28H36Ag2F12N4P2. The Morgan fingerprint density at radius 1 is 0.333 bits per heavy atom. The maximum atomic E-state index is 9.87. The SMILES string of the molecule is CCc1ccncc1.CCc1ccncc1.CCc1ccncc1.CCc1ccncc1.F[P-](F)(F)(F)(F)F.F[P-](F)(F)(F)(F)F.[Ag+].[Ag+]. The first kappa shape index (κ1) is 52.9. The van der Waals surface area contributed by atoms with Crippen LogP contribution in [0.5, 0.6) is 0 Å². The molecule has 4 aromatic heterocycles. The van der Waals surface area contributed by atoms with Crippen molar-refractivity contribution in [2.45, 2.75) is 53.4 Å². The molecule has 284 valence electrons. The molecule has 0 bridgehead atoms. The summed E-state index contributed by atoms with van der Waals surface area (Å²) >= 11 is 0. The van der Waals surface area contributed by atoms with E-state index >= 15 is 0 Å². The van der Waals surface area contributed by atoms with E-state index in [-0.39, 0.29) is 44.8 Å². The fourth-order valence-corrected chi connectivity index (χ4v) is 2.47. The van der Waals surface area contributed by atoms with Gasteiger partial charge < -0.3 is 0 Å². The van der Waals surface area contributed by atoms with Crippen LogP contribution in [0, 0.1) is 0 Å². The van der Waals surface area contributed by atoms with Crippen molar-refractivity contribution in [2.24, 2.45) is 0 Å². The Hall–Kier alpha value is -1.90. The number of aromatic nitrogens is 4. The summed E-state index contributed by atoms with van der Waals surface area (Å²) in [6.07, 6.45) is 18.9. The van der Waals surface area contributed by atoms with Gasteiger partial charge in [0.2, 0.25) is 0 Å². The van der Waals surface area contributed by atoms with Crippen molar-refractivity contribution in [1.29, 1.82) is 0 Å². The van der Waals surface area contributed by atoms with Crippen molar-refractivity contribution in [3.63, 3.8) is 0 Å². The summed E-state index contributed by atoms with van der Waals surface area (Å²) in [6, 6.07) is 16.2. The third-order valence-electron chi connectivity index (χ3n) is 4.63. The van der Waals surface area contributed by atoms with Gasteiger partial charge in [0.1, 0.15) is 0 Å². The van der Waals surface area contributed by atoms with E-state index in [1.165, 1.54) is 22.3 Å². The number of hydrogen-bond acceptors (Lipinski definition) is 4. The third kappa shape index (κ3) is 56.4. The Balaban J connectivity index is -0.000000240. The fraction of sp³-hybridized carbons (Fsp3) is 0.286. The quantitative estimate of drug-likeness (QED) is 0.116. The minimum Gasteiger partial charge on any atom is 1.00 e. The first-order valence-electron chi connectivity index (χ1n) is 13.3.